The van der Waals surface area contributed by atoms with Crippen molar-refractivity contribution in [2.24, 2.45) is 0 Å². The zero-order valence-electron chi connectivity index (χ0n) is 2.57. The van der Waals surface area contributed by atoms with E-state index in [1.807, 2.05) is 0 Å². The summed E-state index contributed by atoms with van der Waals surface area (Å²) in [7, 11) is 0. The van der Waals surface area contributed by atoms with E-state index in [2.05, 4.69) is 0 Å². The van der Waals surface area contributed by atoms with Crippen molar-refractivity contribution >= 4 is 26.2 Å². The molecule has 0 nitrogen and oxygen atoms in total. The molecule has 0 unspecified atom stereocenters. The Morgan fingerprint density at radius 2 is 1.00 bits per heavy atom. The molecular formula is BiCdCoFeMoNi. The Balaban J connectivity index is 0. The Bertz CT molecular complexity index is 15.5. The van der Waals surface area contributed by atoms with E-state index >= 15 is 0 Å². The fraction of sp³-hybridized carbons (Fsp3) is 0. The molecule has 0 spiro atoms. The number of hydrogen-bond acceptors (Lipinski definition) is 0. The van der Waals surface area contributed by atoms with Crippen molar-refractivity contribution in [3.63, 3.8) is 0 Å². The quantitative estimate of drug-likeness (QED) is 0.338. The average Bonchev–Trinajstić information content (AvgIpc) is 0. The molecule has 0 atom stereocenters. The van der Waals surface area contributed by atoms with E-state index in [4.69, 9.17) is 0 Å². The molecule has 0 aromatic carbocycles. The van der Waals surface area contributed by atoms with Gasteiger partial charge in [0.05, 0.1) is 0 Å². The van der Waals surface area contributed by atoms with E-state index in [9.17, 15) is 0 Å². The minimum absolute atomic E-state index is 0. The molecule has 6 heteroatoms. The maximum atomic E-state index is 0. The summed E-state index contributed by atoms with van der Waals surface area (Å²) in [6.07, 6.45) is 0. The molecule has 0 heterocycles. The standard InChI is InChI=1S/Bi.Cd.Co.Fe.Mo.Ni. The topological polar surface area (TPSA) is 0 Å². The Labute approximate surface area is 122 Å². The molecule has 4 radical (unpaired) electrons. The third-order valence-corrected chi connectivity index (χ3v) is 0. The molecule has 40 valence electrons. The van der Waals surface area contributed by atoms with Crippen LogP contribution in [0.15, 0.2) is 0 Å². The van der Waals surface area contributed by atoms with Crippen molar-refractivity contribution in [2.75, 3.05) is 0 Å². The molecule has 0 aliphatic heterocycles. The minimum Gasteiger partial charge on any atom is 0 e. The summed E-state index contributed by atoms with van der Waals surface area (Å²) in [6.45, 7) is 0. The summed E-state index contributed by atoms with van der Waals surface area (Å²) in [6, 6.07) is 0. The molecule has 0 aromatic heterocycles. The maximum absolute atomic E-state index is 0. The molecule has 0 saturated heterocycles. The smallest absolute Gasteiger partial charge is 0 e. The maximum Gasteiger partial charge on any atom is 0 e. The number of hydrogen-bond donors (Lipinski definition) is 0. The van der Waals surface area contributed by atoms with Crippen LogP contribution in [0.5, 0.6) is 0 Å². The molecular weight excluding hydrogens is 591 g/mol. The number of rotatable bonds is 0. The van der Waals surface area contributed by atoms with E-state index in [0.717, 1.165) is 0 Å². The van der Waals surface area contributed by atoms with Gasteiger partial charge in [-0.2, -0.15) is 0 Å². The van der Waals surface area contributed by atoms with Crippen LogP contribution in [0.4, 0.5) is 0 Å². The summed E-state index contributed by atoms with van der Waals surface area (Å²) < 4.78 is 0. The Hall–Kier alpha value is 4.01. The van der Waals surface area contributed by atoms with Crippen molar-refractivity contribution in [2.45, 2.75) is 0 Å². The van der Waals surface area contributed by atoms with Gasteiger partial charge >= 0.3 is 0 Å². The molecule has 0 rings (SSSR count). The molecule has 0 saturated carbocycles. The van der Waals surface area contributed by atoms with Crippen LogP contribution in [0.1, 0.15) is 0 Å². The largest absolute Gasteiger partial charge is 0 e. The molecule has 6 heavy (non-hydrogen) atoms. The van der Waals surface area contributed by atoms with E-state index in [0.29, 0.717) is 0 Å². The fourth-order valence-electron chi connectivity index (χ4n) is 0. The first-order chi connectivity index (χ1) is 0. The third-order valence-electron chi connectivity index (χ3n) is 0. The van der Waals surface area contributed by atoms with Gasteiger partial charge in [0.25, 0.3) is 0 Å². The summed E-state index contributed by atoms with van der Waals surface area (Å²) in [5, 5.41) is 0. The van der Waals surface area contributed by atoms with E-state index < -0.39 is 0 Å². The van der Waals surface area contributed by atoms with Crippen LogP contribution in [0, 0.1) is 0 Å². The van der Waals surface area contributed by atoms with Crippen molar-refractivity contribution < 1.29 is 98.7 Å². The van der Waals surface area contributed by atoms with Gasteiger partial charge in [-0.3, -0.25) is 0 Å². The van der Waals surface area contributed by atoms with Crippen LogP contribution < -0.4 is 0 Å². The summed E-state index contributed by atoms with van der Waals surface area (Å²) in [4.78, 5) is 0. The second-order valence-electron chi connectivity index (χ2n) is 0. The van der Waals surface area contributed by atoms with E-state index in [1.165, 1.54) is 0 Å². The molecule has 0 aliphatic carbocycles. The van der Waals surface area contributed by atoms with Crippen molar-refractivity contribution in [3.05, 3.63) is 0 Å². The van der Waals surface area contributed by atoms with Crippen molar-refractivity contribution in [1.82, 2.24) is 0 Å². The SMILES string of the molecule is [Bi].[Cd].[Co].[Fe].[Mo].[Ni]. The van der Waals surface area contributed by atoms with Crippen LogP contribution >= 0.6 is 0 Å². The second kappa shape index (κ2) is 35.9. The zero-order valence-corrected chi connectivity index (χ0v) is 15.2. The molecule has 0 amide bonds. The molecule has 0 fully saturated rings. The molecule has 0 aliphatic rings. The van der Waals surface area contributed by atoms with Gasteiger partial charge in [0.2, 0.25) is 0 Å². The summed E-state index contributed by atoms with van der Waals surface area (Å²) in [5.74, 6) is 0. The summed E-state index contributed by atoms with van der Waals surface area (Å²) >= 11 is 0. The molecule has 0 bridgehead atoms. The van der Waals surface area contributed by atoms with E-state index in [1.54, 1.807) is 0 Å². The Kier molecular flexibility index (Phi) is 303. The van der Waals surface area contributed by atoms with Gasteiger partial charge in [-0.05, 0) is 0 Å². The molecule has 0 N–H and O–H groups in total. The zero-order chi connectivity index (χ0) is 0. The first kappa shape index (κ1) is 50.5. The summed E-state index contributed by atoms with van der Waals surface area (Å²) in [5.41, 5.74) is 0. The Morgan fingerprint density at radius 1 is 1.00 bits per heavy atom. The van der Waals surface area contributed by atoms with Gasteiger partial charge in [0.15, 0.2) is 0 Å². The first-order valence-corrected chi connectivity index (χ1v) is 0. The first-order valence-electron chi connectivity index (χ1n) is 0. The van der Waals surface area contributed by atoms with Crippen LogP contribution in [0.2, 0.25) is 0 Å². The predicted molar refractivity (Wildman–Crippen MR) is 5.75 cm³/mol. The Morgan fingerprint density at radius 3 is 1.00 bits per heavy atom. The van der Waals surface area contributed by atoms with Gasteiger partial charge in [0, 0.05) is 125 Å². The van der Waals surface area contributed by atoms with Crippen LogP contribution in [0.25, 0.3) is 0 Å². The van der Waals surface area contributed by atoms with Crippen molar-refractivity contribution in [1.29, 1.82) is 0 Å². The van der Waals surface area contributed by atoms with Gasteiger partial charge in [0.1, 0.15) is 0 Å². The van der Waals surface area contributed by atoms with Crippen LogP contribution in [-0.4, -0.2) is 26.2 Å². The molecule has 0 aromatic rings. The van der Waals surface area contributed by atoms with Crippen LogP contribution in [0.3, 0.4) is 0 Å². The van der Waals surface area contributed by atoms with Crippen LogP contribution in [-0.2, 0) is 98.7 Å². The van der Waals surface area contributed by atoms with Crippen molar-refractivity contribution in [3.8, 4) is 0 Å². The monoisotopic (exact) mass is 594 g/mol. The van der Waals surface area contributed by atoms with Gasteiger partial charge in [-0.1, -0.05) is 0 Å². The van der Waals surface area contributed by atoms with Gasteiger partial charge < -0.3 is 0 Å². The predicted octanol–water partition coefficient (Wildman–Crippen LogP) is -0.393. The second-order valence-corrected chi connectivity index (χ2v) is 0. The average molecular weight is 591 g/mol. The fourth-order valence-corrected chi connectivity index (χ4v) is 0. The third kappa shape index (κ3) is 24.5. The normalized spacial score (nSPS) is 0. The minimum atomic E-state index is 0. The van der Waals surface area contributed by atoms with Gasteiger partial charge in [-0.25, -0.2) is 0 Å². The van der Waals surface area contributed by atoms with E-state index in [-0.39, 0.29) is 125 Å². The van der Waals surface area contributed by atoms with Gasteiger partial charge in [-0.15, -0.1) is 0 Å².